The van der Waals surface area contributed by atoms with Gasteiger partial charge in [0, 0.05) is 18.7 Å². The van der Waals surface area contributed by atoms with Gasteiger partial charge < -0.3 is 24.8 Å². The maximum absolute atomic E-state index is 12.5. The van der Waals surface area contributed by atoms with Crippen molar-refractivity contribution in [2.75, 3.05) is 25.5 Å². The molecule has 0 radical (unpaired) electrons. The second-order valence-corrected chi connectivity index (χ2v) is 6.50. The van der Waals surface area contributed by atoms with E-state index in [1.165, 1.54) is 11.0 Å². The first kappa shape index (κ1) is 19.4. The number of hydrogen-bond donors (Lipinski definition) is 2. The van der Waals surface area contributed by atoms with Crippen LogP contribution >= 0.6 is 0 Å². The second kappa shape index (κ2) is 8.14. The number of nitrogens with one attached hydrogen (secondary N) is 1. The zero-order chi connectivity index (χ0) is 20.1. The van der Waals surface area contributed by atoms with Crippen LogP contribution in [0.3, 0.4) is 0 Å². The number of hydrogen-bond acceptors (Lipinski definition) is 5. The number of carbonyl (C=O) groups is 2. The number of rotatable bonds is 6. The average Bonchev–Trinajstić information content (AvgIpc) is 3.13. The molecule has 1 unspecified atom stereocenters. The Kier molecular flexibility index (Phi) is 5.65. The Balaban J connectivity index is 1.59. The molecule has 0 saturated carbocycles. The fourth-order valence-corrected chi connectivity index (χ4v) is 2.93. The Morgan fingerprint density at radius 2 is 1.68 bits per heavy atom. The van der Waals surface area contributed by atoms with Gasteiger partial charge in [0.25, 0.3) is 5.91 Å². The third kappa shape index (κ3) is 4.32. The third-order valence-corrected chi connectivity index (χ3v) is 4.56. The van der Waals surface area contributed by atoms with Crippen LogP contribution < -0.4 is 14.8 Å². The van der Waals surface area contributed by atoms with Crippen molar-refractivity contribution in [2.45, 2.75) is 12.0 Å². The van der Waals surface area contributed by atoms with E-state index in [0.29, 0.717) is 23.7 Å². The minimum absolute atomic E-state index is 0.0532. The summed E-state index contributed by atoms with van der Waals surface area (Å²) in [5.74, 6) is 1.15. The number of nitrogens with zero attached hydrogens (tertiary/aromatic N) is 1. The lowest BCUT2D eigenvalue weighted by Gasteiger charge is -2.22. The number of likely N-dealkylation sites (tertiary alicyclic amines) is 1. The lowest BCUT2D eigenvalue weighted by atomic mass is 10.0. The van der Waals surface area contributed by atoms with E-state index in [1.807, 2.05) is 0 Å². The van der Waals surface area contributed by atoms with Crippen molar-refractivity contribution in [3.8, 4) is 17.2 Å². The molecule has 1 heterocycles. The highest BCUT2D eigenvalue weighted by Gasteiger charge is 2.43. The molecule has 146 valence electrons. The molecule has 2 aromatic carbocycles. The summed E-state index contributed by atoms with van der Waals surface area (Å²) in [4.78, 5) is 25.5. The highest BCUT2D eigenvalue weighted by atomic mass is 16.5. The van der Waals surface area contributed by atoms with Gasteiger partial charge in [0.2, 0.25) is 5.91 Å². The third-order valence-electron chi connectivity index (χ3n) is 4.56. The van der Waals surface area contributed by atoms with Crippen LogP contribution in [0.5, 0.6) is 17.2 Å². The van der Waals surface area contributed by atoms with Crippen molar-refractivity contribution in [2.24, 2.45) is 0 Å². The largest absolute Gasteiger partial charge is 0.497 e. The number of carbonyl (C=O) groups excluding carboxylic acids is 2. The molecule has 28 heavy (non-hydrogen) atoms. The quantitative estimate of drug-likeness (QED) is 0.750. The van der Waals surface area contributed by atoms with E-state index < -0.39 is 11.5 Å². The number of anilines is 1. The van der Waals surface area contributed by atoms with Crippen LogP contribution in [-0.4, -0.2) is 47.6 Å². The maximum Gasteiger partial charge on any atom is 0.258 e. The summed E-state index contributed by atoms with van der Waals surface area (Å²) in [6.07, 6.45) is 1.35. The molecule has 1 fully saturated rings. The molecule has 0 aliphatic carbocycles. The highest BCUT2D eigenvalue weighted by Crippen LogP contribution is 2.27. The van der Waals surface area contributed by atoms with E-state index in [2.05, 4.69) is 11.9 Å². The predicted molar refractivity (Wildman–Crippen MR) is 104 cm³/mol. The minimum atomic E-state index is -1.61. The average molecular weight is 382 g/mol. The summed E-state index contributed by atoms with van der Waals surface area (Å²) in [5.41, 5.74) is -1.09. The molecular formula is C21H22N2O5. The highest BCUT2D eigenvalue weighted by molar-refractivity contribution is 5.98. The van der Waals surface area contributed by atoms with Crippen LogP contribution in [-0.2, 0) is 9.59 Å². The summed E-state index contributed by atoms with van der Waals surface area (Å²) >= 11 is 0. The molecule has 0 spiro atoms. The topological polar surface area (TPSA) is 88.1 Å². The normalized spacial score (nSPS) is 18.4. The molecule has 2 aromatic rings. The number of benzene rings is 2. The Labute approximate surface area is 163 Å². The van der Waals surface area contributed by atoms with Crippen LogP contribution in [0.25, 0.3) is 0 Å². The molecule has 7 nitrogen and oxygen atoms in total. The van der Waals surface area contributed by atoms with Gasteiger partial charge in [-0.3, -0.25) is 9.59 Å². The van der Waals surface area contributed by atoms with Crippen molar-refractivity contribution in [1.29, 1.82) is 0 Å². The zero-order valence-corrected chi connectivity index (χ0v) is 15.6. The lowest BCUT2D eigenvalue weighted by Crippen LogP contribution is -2.45. The van der Waals surface area contributed by atoms with Crippen molar-refractivity contribution in [3.63, 3.8) is 0 Å². The fourth-order valence-electron chi connectivity index (χ4n) is 2.93. The molecule has 1 atom stereocenters. The van der Waals surface area contributed by atoms with Gasteiger partial charge in [0.15, 0.2) is 5.60 Å². The summed E-state index contributed by atoms with van der Waals surface area (Å²) in [6, 6.07) is 14.0. The van der Waals surface area contributed by atoms with Gasteiger partial charge in [0.05, 0.1) is 13.7 Å². The van der Waals surface area contributed by atoms with Gasteiger partial charge in [-0.2, -0.15) is 0 Å². The van der Waals surface area contributed by atoms with Gasteiger partial charge in [-0.1, -0.05) is 6.58 Å². The molecule has 0 aromatic heterocycles. The summed E-state index contributed by atoms with van der Waals surface area (Å²) < 4.78 is 10.8. The van der Waals surface area contributed by atoms with E-state index in [4.69, 9.17) is 9.47 Å². The van der Waals surface area contributed by atoms with Crippen molar-refractivity contribution in [1.82, 2.24) is 4.90 Å². The van der Waals surface area contributed by atoms with Gasteiger partial charge in [-0.15, -0.1) is 0 Å². The lowest BCUT2D eigenvalue weighted by molar-refractivity contribution is -0.134. The van der Waals surface area contributed by atoms with Gasteiger partial charge in [-0.25, -0.2) is 0 Å². The molecule has 1 aliphatic heterocycles. The zero-order valence-electron chi connectivity index (χ0n) is 15.6. The first-order valence-electron chi connectivity index (χ1n) is 8.81. The monoisotopic (exact) mass is 382 g/mol. The van der Waals surface area contributed by atoms with E-state index in [-0.39, 0.29) is 18.9 Å². The predicted octanol–water partition coefficient (Wildman–Crippen LogP) is 2.58. The molecule has 1 aliphatic rings. The first-order valence-corrected chi connectivity index (χ1v) is 8.81. The molecule has 7 heteroatoms. The maximum atomic E-state index is 12.5. The van der Waals surface area contributed by atoms with E-state index in [9.17, 15) is 14.7 Å². The summed E-state index contributed by atoms with van der Waals surface area (Å²) in [7, 11) is 1.60. The minimum Gasteiger partial charge on any atom is -0.497 e. The van der Waals surface area contributed by atoms with Crippen LogP contribution in [0.4, 0.5) is 5.69 Å². The van der Waals surface area contributed by atoms with Crippen molar-refractivity contribution >= 4 is 17.5 Å². The SMILES string of the molecule is C=CC(=O)N1CCC(O)(C(=O)Nc2ccc(Oc3ccc(OC)cc3)cc2)C1. The van der Waals surface area contributed by atoms with Crippen LogP contribution in [0, 0.1) is 0 Å². The Morgan fingerprint density at radius 3 is 2.25 bits per heavy atom. The molecule has 3 rings (SSSR count). The molecule has 0 bridgehead atoms. The number of ether oxygens (including phenoxy) is 2. The standard InChI is InChI=1S/C21H22N2O5/c1-3-19(24)23-13-12-21(26,14-23)20(25)22-15-4-6-17(7-5-15)28-18-10-8-16(27-2)9-11-18/h3-11,26H,1,12-14H2,2H3,(H,22,25). The summed E-state index contributed by atoms with van der Waals surface area (Å²) in [5, 5.41) is 13.2. The van der Waals surface area contributed by atoms with Crippen LogP contribution in [0.2, 0.25) is 0 Å². The Bertz CT molecular complexity index is 863. The van der Waals surface area contributed by atoms with Crippen LogP contribution in [0.1, 0.15) is 6.42 Å². The summed E-state index contributed by atoms with van der Waals surface area (Å²) in [6.45, 7) is 3.68. The molecule has 1 saturated heterocycles. The van der Waals surface area contributed by atoms with Gasteiger partial charge in [-0.05, 0) is 54.6 Å². The van der Waals surface area contributed by atoms with Crippen molar-refractivity contribution < 1.29 is 24.2 Å². The van der Waals surface area contributed by atoms with E-state index in [0.717, 1.165) is 5.75 Å². The molecular weight excluding hydrogens is 360 g/mol. The Hall–Kier alpha value is -3.32. The molecule has 2 N–H and O–H groups in total. The number of β-amino-alcohol motifs (C(OH)–C–C–N with tert-alkyl or cyclic N) is 1. The number of amides is 2. The van der Waals surface area contributed by atoms with Crippen molar-refractivity contribution in [3.05, 3.63) is 61.2 Å². The van der Waals surface area contributed by atoms with Gasteiger partial charge in [0.1, 0.15) is 17.2 Å². The fraction of sp³-hybridized carbons (Fsp3) is 0.238. The number of aliphatic hydroxyl groups is 1. The molecule has 2 amide bonds. The Morgan fingerprint density at radius 1 is 1.11 bits per heavy atom. The van der Waals surface area contributed by atoms with E-state index in [1.54, 1.807) is 55.6 Å². The van der Waals surface area contributed by atoms with E-state index >= 15 is 0 Å². The smallest absolute Gasteiger partial charge is 0.258 e. The first-order chi connectivity index (χ1) is 13.4. The number of methoxy groups -OCH3 is 1. The van der Waals surface area contributed by atoms with Crippen LogP contribution in [0.15, 0.2) is 61.2 Å². The second-order valence-electron chi connectivity index (χ2n) is 6.50. The van der Waals surface area contributed by atoms with Gasteiger partial charge >= 0.3 is 0 Å².